The van der Waals surface area contributed by atoms with Crippen LogP contribution in [0.1, 0.15) is 23.1 Å². The number of benzene rings is 2. The number of alkyl halides is 3. The van der Waals surface area contributed by atoms with Gasteiger partial charge in [-0.2, -0.15) is 13.2 Å². The van der Waals surface area contributed by atoms with Gasteiger partial charge in [-0.15, -0.1) is 0 Å². The number of rotatable bonds is 10. The van der Waals surface area contributed by atoms with Crippen LogP contribution in [0.4, 0.5) is 13.2 Å². The highest BCUT2D eigenvalue weighted by Gasteiger charge is 2.38. The molecule has 0 aliphatic heterocycles. The van der Waals surface area contributed by atoms with Crippen molar-refractivity contribution in [3.05, 3.63) is 65.2 Å². The van der Waals surface area contributed by atoms with E-state index in [0.29, 0.717) is 13.2 Å². The van der Waals surface area contributed by atoms with Crippen molar-refractivity contribution in [3.8, 4) is 5.75 Å². The van der Waals surface area contributed by atoms with Crippen molar-refractivity contribution in [1.29, 1.82) is 0 Å². The number of aliphatic carboxylic acids is 2. The van der Waals surface area contributed by atoms with Crippen molar-refractivity contribution < 1.29 is 37.7 Å². The first-order valence-electron chi connectivity index (χ1n) is 9.58. The van der Waals surface area contributed by atoms with Crippen LogP contribution in [0.3, 0.4) is 0 Å². The van der Waals surface area contributed by atoms with Crippen LogP contribution in [0.25, 0.3) is 0 Å². The molecule has 2 aromatic rings. The molecule has 0 aliphatic rings. The topological polar surface area (TPSA) is 95.9 Å². The summed E-state index contributed by atoms with van der Waals surface area (Å²) in [6.45, 7) is 4.05. The number of hydrogen-bond donors (Lipinski definition) is 3. The van der Waals surface area contributed by atoms with Gasteiger partial charge < -0.3 is 20.3 Å². The summed E-state index contributed by atoms with van der Waals surface area (Å²) in [4.78, 5) is 19.3. The summed E-state index contributed by atoms with van der Waals surface area (Å²) in [5.41, 5.74) is 3.77. The van der Waals surface area contributed by atoms with E-state index < -0.39 is 18.1 Å². The molecule has 0 fully saturated rings. The molecule has 0 spiro atoms. The minimum Gasteiger partial charge on any atom is -0.493 e. The second-order valence-corrected chi connectivity index (χ2v) is 6.68. The van der Waals surface area contributed by atoms with E-state index in [1.807, 2.05) is 12.1 Å². The van der Waals surface area contributed by atoms with Crippen LogP contribution in [0.15, 0.2) is 48.5 Å². The highest BCUT2D eigenvalue weighted by Crippen LogP contribution is 2.14. The molecule has 2 rings (SSSR count). The fourth-order valence-electron chi connectivity index (χ4n) is 2.46. The molecule has 0 amide bonds. The molecule has 31 heavy (non-hydrogen) atoms. The van der Waals surface area contributed by atoms with E-state index in [1.165, 1.54) is 16.7 Å². The zero-order chi connectivity index (χ0) is 23.3. The molecule has 0 aliphatic carbocycles. The third kappa shape index (κ3) is 12.3. The molecular formula is C22H26F3NO5. The summed E-state index contributed by atoms with van der Waals surface area (Å²) < 4.78 is 37.5. The van der Waals surface area contributed by atoms with E-state index in [4.69, 9.17) is 19.7 Å². The summed E-state index contributed by atoms with van der Waals surface area (Å²) >= 11 is 0. The van der Waals surface area contributed by atoms with Gasteiger partial charge in [0.1, 0.15) is 5.75 Å². The van der Waals surface area contributed by atoms with E-state index in [2.05, 4.69) is 48.6 Å². The molecular weight excluding hydrogens is 415 g/mol. The average Bonchev–Trinajstić information content (AvgIpc) is 2.68. The van der Waals surface area contributed by atoms with Gasteiger partial charge in [0.15, 0.2) is 0 Å². The van der Waals surface area contributed by atoms with Crippen LogP contribution in [0.2, 0.25) is 0 Å². The highest BCUT2D eigenvalue weighted by molar-refractivity contribution is 5.73. The van der Waals surface area contributed by atoms with Crippen LogP contribution in [-0.2, 0) is 22.4 Å². The minimum absolute atomic E-state index is 0.160. The Morgan fingerprint density at radius 1 is 0.968 bits per heavy atom. The van der Waals surface area contributed by atoms with Gasteiger partial charge in [-0.3, -0.25) is 4.79 Å². The molecule has 170 valence electrons. The number of carboxylic acid groups (broad SMARTS) is 2. The highest BCUT2D eigenvalue weighted by atomic mass is 19.4. The van der Waals surface area contributed by atoms with Crippen molar-refractivity contribution in [2.75, 3.05) is 19.7 Å². The Labute approximate surface area is 178 Å². The molecule has 0 bridgehead atoms. The molecule has 3 N–H and O–H groups in total. The Kier molecular flexibility index (Phi) is 11.1. The molecule has 0 unspecified atom stereocenters. The first kappa shape index (κ1) is 26.0. The zero-order valence-corrected chi connectivity index (χ0v) is 17.1. The van der Waals surface area contributed by atoms with Crippen molar-refractivity contribution in [3.63, 3.8) is 0 Å². The molecule has 0 heterocycles. The van der Waals surface area contributed by atoms with Crippen LogP contribution < -0.4 is 10.1 Å². The summed E-state index contributed by atoms with van der Waals surface area (Å²) in [6, 6.07) is 16.6. The first-order chi connectivity index (χ1) is 14.6. The smallest absolute Gasteiger partial charge is 0.490 e. The predicted octanol–water partition coefficient (Wildman–Crippen LogP) is 3.86. The lowest BCUT2D eigenvalue weighted by molar-refractivity contribution is -0.192. The van der Waals surface area contributed by atoms with Gasteiger partial charge in [0.25, 0.3) is 0 Å². The van der Waals surface area contributed by atoms with Gasteiger partial charge in [0, 0.05) is 13.0 Å². The van der Waals surface area contributed by atoms with Gasteiger partial charge in [-0.1, -0.05) is 42.0 Å². The molecule has 0 aromatic heterocycles. The van der Waals surface area contributed by atoms with Gasteiger partial charge in [0.2, 0.25) is 0 Å². The Morgan fingerprint density at radius 3 is 2.16 bits per heavy atom. The van der Waals surface area contributed by atoms with Crippen LogP contribution in [0, 0.1) is 6.92 Å². The number of carbonyl (C=O) groups is 2. The number of nitrogens with one attached hydrogen (secondary N) is 1. The molecule has 6 nitrogen and oxygen atoms in total. The molecule has 9 heteroatoms. The van der Waals surface area contributed by atoms with Crippen LogP contribution in [0.5, 0.6) is 5.75 Å². The summed E-state index contributed by atoms with van der Waals surface area (Å²) in [7, 11) is 0. The molecule has 0 atom stereocenters. The lowest BCUT2D eigenvalue weighted by Gasteiger charge is -2.08. The number of halogens is 3. The maximum absolute atomic E-state index is 10.6. The fraction of sp³-hybridized carbons (Fsp3) is 0.364. The first-order valence-corrected chi connectivity index (χ1v) is 9.58. The lowest BCUT2D eigenvalue weighted by Crippen LogP contribution is -2.21. The molecule has 0 saturated heterocycles. The second-order valence-electron chi connectivity index (χ2n) is 6.68. The Hall–Kier alpha value is -3.07. The maximum Gasteiger partial charge on any atom is 0.490 e. The Bertz CT molecular complexity index is 823. The van der Waals surface area contributed by atoms with E-state index in [1.54, 1.807) is 0 Å². The monoisotopic (exact) mass is 441 g/mol. The molecule has 2 aromatic carbocycles. The van der Waals surface area contributed by atoms with Gasteiger partial charge >= 0.3 is 18.1 Å². The number of hydrogen-bond acceptors (Lipinski definition) is 4. The lowest BCUT2D eigenvalue weighted by atomic mass is 10.1. The van der Waals surface area contributed by atoms with E-state index in [-0.39, 0.29) is 6.42 Å². The fourth-order valence-corrected chi connectivity index (χ4v) is 2.46. The summed E-state index contributed by atoms with van der Waals surface area (Å²) in [5, 5.41) is 18.8. The number of carboxylic acids is 2. The van der Waals surface area contributed by atoms with Crippen LogP contribution >= 0.6 is 0 Å². The standard InChI is InChI=1S/C20H25NO3.C2HF3O2/c1-16-3-2-4-18(15-16)11-14-24-19-7-5-17(6-8-19)9-12-21-13-10-20(22)23;3-2(4,5)1(6)7/h2-8,15,21H,9-14H2,1H3,(H,22,23);(H,6,7). The van der Waals surface area contributed by atoms with Crippen molar-refractivity contribution in [2.24, 2.45) is 0 Å². The SMILES string of the molecule is Cc1cccc(CCOc2ccc(CCNCCC(=O)O)cc2)c1.O=C(O)C(F)(F)F. The second kappa shape index (κ2) is 13.3. The average molecular weight is 441 g/mol. The van der Waals surface area contributed by atoms with Crippen molar-refractivity contribution in [1.82, 2.24) is 5.32 Å². The molecule has 0 saturated carbocycles. The van der Waals surface area contributed by atoms with Gasteiger partial charge in [-0.25, -0.2) is 4.79 Å². The van der Waals surface area contributed by atoms with Crippen molar-refractivity contribution >= 4 is 11.9 Å². The third-order valence-corrected chi connectivity index (χ3v) is 4.01. The quantitative estimate of drug-likeness (QED) is 0.485. The van der Waals surface area contributed by atoms with Crippen molar-refractivity contribution in [2.45, 2.75) is 32.4 Å². The minimum atomic E-state index is -5.08. The zero-order valence-electron chi connectivity index (χ0n) is 17.1. The summed E-state index contributed by atoms with van der Waals surface area (Å²) in [6.07, 6.45) is -3.15. The maximum atomic E-state index is 10.6. The van der Waals surface area contributed by atoms with E-state index >= 15 is 0 Å². The molecule has 0 radical (unpaired) electrons. The summed E-state index contributed by atoms with van der Waals surface area (Å²) in [5.74, 6) is -2.65. The Balaban J connectivity index is 0.000000592. The number of ether oxygens (including phenoxy) is 1. The third-order valence-electron chi connectivity index (χ3n) is 4.01. The predicted molar refractivity (Wildman–Crippen MR) is 109 cm³/mol. The van der Waals surface area contributed by atoms with Gasteiger partial charge in [-0.05, 0) is 43.1 Å². The van der Waals surface area contributed by atoms with Gasteiger partial charge in [0.05, 0.1) is 13.0 Å². The Morgan fingerprint density at radius 2 is 1.61 bits per heavy atom. The van der Waals surface area contributed by atoms with Crippen LogP contribution in [-0.4, -0.2) is 48.0 Å². The van der Waals surface area contributed by atoms with E-state index in [0.717, 1.165) is 25.1 Å². The van der Waals surface area contributed by atoms with E-state index in [9.17, 15) is 18.0 Å². The normalized spacial score (nSPS) is 10.7. The number of aryl methyl sites for hydroxylation is 1. The largest absolute Gasteiger partial charge is 0.493 e.